The van der Waals surface area contributed by atoms with Crippen LogP contribution in [0.1, 0.15) is 25.3 Å². The molecule has 0 heterocycles. The summed E-state index contributed by atoms with van der Waals surface area (Å²) in [5, 5.41) is 0. The van der Waals surface area contributed by atoms with Crippen molar-refractivity contribution >= 4 is 6.16 Å². The van der Waals surface area contributed by atoms with Gasteiger partial charge in [-0.05, 0) is 24.5 Å². The number of carbonyl (C=O) groups is 1. The molecule has 0 saturated carbocycles. The molecule has 15 heavy (non-hydrogen) atoms. The summed E-state index contributed by atoms with van der Waals surface area (Å²) in [6, 6.07) is 7.53. The number of ether oxygens (including phenoxy) is 2. The molecule has 0 unspecified atom stereocenters. The SMILES string of the molecule is CCCCc1ccccc1OC(=O)OC. The first-order chi connectivity index (χ1) is 7.27. The van der Waals surface area contributed by atoms with Crippen molar-refractivity contribution in [2.45, 2.75) is 26.2 Å². The van der Waals surface area contributed by atoms with Crippen molar-refractivity contribution in [1.29, 1.82) is 0 Å². The minimum Gasteiger partial charge on any atom is -0.437 e. The topological polar surface area (TPSA) is 35.5 Å². The van der Waals surface area contributed by atoms with E-state index < -0.39 is 6.16 Å². The van der Waals surface area contributed by atoms with E-state index in [2.05, 4.69) is 11.7 Å². The summed E-state index contributed by atoms with van der Waals surface area (Å²) >= 11 is 0. The Kier molecular flexibility index (Phi) is 4.68. The van der Waals surface area contributed by atoms with E-state index >= 15 is 0 Å². The van der Waals surface area contributed by atoms with Crippen LogP contribution < -0.4 is 4.74 Å². The molecule has 0 aromatic heterocycles. The number of para-hydroxylation sites is 1. The van der Waals surface area contributed by atoms with Gasteiger partial charge in [-0.2, -0.15) is 0 Å². The highest BCUT2D eigenvalue weighted by molar-refractivity contribution is 5.64. The fraction of sp³-hybridized carbons (Fsp3) is 0.417. The van der Waals surface area contributed by atoms with Crippen molar-refractivity contribution in [3.8, 4) is 5.75 Å². The maximum absolute atomic E-state index is 11.0. The van der Waals surface area contributed by atoms with E-state index in [9.17, 15) is 4.79 Å². The highest BCUT2D eigenvalue weighted by atomic mass is 16.7. The molecular weight excluding hydrogens is 192 g/mol. The first kappa shape index (κ1) is 11.6. The van der Waals surface area contributed by atoms with Crippen molar-refractivity contribution in [2.75, 3.05) is 7.11 Å². The number of rotatable bonds is 4. The molecule has 0 amide bonds. The summed E-state index contributed by atoms with van der Waals surface area (Å²) < 4.78 is 9.48. The molecule has 82 valence electrons. The second kappa shape index (κ2) is 6.06. The number of carbonyl (C=O) groups excluding carboxylic acids is 1. The highest BCUT2D eigenvalue weighted by Gasteiger charge is 2.07. The standard InChI is InChI=1S/C12H16O3/c1-3-4-7-10-8-5-6-9-11(10)15-12(13)14-2/h5-6,8-9H,3-4,7H2,1-2H3. The van der Waals surface area contributed by atoms with Crippen LogP contribution in [0.2, 0.25) is 0 Å². The third kappa shape index (κ3) is 3.62. The lowest BCUT2D eigenvalue weighted by molar-refractivity contribution is 0.121. The lowest BCUT2D eigenvalue weighted by Crippen LogP contribution is -2.08. The molecule has 0 spiro atoms. The Bertz CT molecular complexity index is 320. The fourth-order valence-electron chi connectivity index (χ4n) is 1.31. The van der Waals surface area contributed by atoms with Gasteiger partial charge >= 0.3 is 6.16 Å². The van der Waals surface area contributed by atoms with E-state index in [1.165, 1.54) is 7.11 Å². The van der Waals surface area contributed by atoms with E-state index in [0.717, 1.165) is 24.8 Å². The van der Waals surface area contributed by atoms with Gasteiger partial charge in [0.2, 0.25) is 0 Å². The van der Waals surface area contributed by atoms with Crippen LogP contribution >= 0.6 is 0 Å². The third-order valence-corrected chi connectivity index (χ3v) is 2.13. The van der Waals surface area contributed by atoms with Crippen molar-refractivity contribution in [3.05, 3.63) is 29.8 Å². The summed E-state index contributed by atoms with van der Waals surface area (Å²) in [6.07, 6.45) is 2.46. The second-order valence-electron chi connectivity index (χ2n) is 3.27. The molecule has 0 aliphatic rings. The van der Waals surface area contributed by atoms with E-state index in [1.807, 2.05) is 18.2 Å². The van der Waals surface area contributed by atoms with Crippen LogP contribution in [0.4, 0.5) is 4.79 Å². The van der Waals surface area contributed by atoms with Crippen LogP contribution in [0.25, 0.3) is 0 Å². The van der Waals surface area contributed by atoms with E-state index in [-0.39, 0.29) is 0 Å². The van der Waals surface area contributed by atoms with E-state index in [0.29, 0.717) is 5.75 Å². The van der Waals surface area contributed by atoms with E-state index in [4.69, 9.17) is 4.74 Å². The fourth-order valence-corrected chi connectivity index (χ4v) is 1.31. The zero-order valence-electron chi connectivity index (χ0n) is 9.16. The van der Waals surface area contributed by atoms with Gasteiger partial charge in [-0.15, -0.1) is 0 Å². The molecule has 0 fully saturated rings. The Hall–Kier alpha value is -1.51. The number of unbranched alkanes of at least 4 members (excludes halogenated alkanes) is 1. The summed E-state index contributed by atoms with van der Waals surface area (Å²) in [6.45, 7) is 2.13. The number of benzene rings is 1. The third-order valence-electron chi connectivity index (χ3n) is 2.13. The number of methoxy groups -OCH3 is 1. The number of aryl methyl sites for hydroxylation is 1. The molecule has 0 aliphatic heterocycles. The van der Waals surface area contributed by atoms with Gasteiger partial charge in [0, 0.05) is 0 Å². The van der Waals surface area contributed by atoms with Crippen molar-refractivity contribution in [3.63, 3.8) is 0 Å². The highest BCUT2D eigenvalue weighted by Crippen LogP contribution is 2.20. The van der Waals surface area contributed by atoms with Crippen LogP contribution in [0.5, 0.6) is 5.75 Å². The minimum atomic E-state index is -0.668. The molecule has 1 aromatic carbocycles. The lowest BCUT2D eigenvalue weighted by atomic mass is 10.1. The molecule has 0 aliphatic carbocycles. The zero-order valence-corrected chi connectivity index (χ0v) is 9.16. The summed E-state index contributed by atoms with van der Waals surface area (Å²) in [7, 11) is 1.30. The quantitative estimate of drug-likeness (QED) is 0.563. The Morgan fingerprint density at radius 2 is 2.07 bits per heavy atom. The number of hydrogen-bond acceptors (Lipinski definition) is 3. The number of hydrogen-bond donors (Lipinski definition) is 0. The van der Waals surface area contributed by atoms with Crippen LogP contribution in [0.15, 0.2) is 24.3 Å². The Morgan fingerprint density at radius 1 is 1.33 bits per heavy atom. The monoisotopic (exact) mass is 208 g/mol. The Labute approximate surface area is 90.0 Å². The summed E-state index contributed by atoms with van der Waals surface area (Å²) in [4.78, 5) is 11.0. The molecule has 3 heteroatoms. The normalized spacial score (nSPS) is 9.73. The van der Waals surface area contributed by atoms with Gasteiger partial charge in [0.15, 0.2) is 0 Å². The average Bonchev–Trinajstić information content (AvgIpc) is 2.28. The van der Waals surface area contributed by atoms with Crippen LogP contribution in [0.3, 0.4) is 0 Å². The van der Waals surface area contributed by atoms with Crippen molar-refractivity contribution < 1.29 is 14.3 Å². The first-order valence-electron chi connectivity index (χ1n) is 5.11. The molecule has 0 radical (unpaired) electrons. The van der Waals surface area contributed by atoms with E-state index in [1.54, 1.807) is 6.07 Å². The molecule has 1 aromatic rings. The van der Waals surface area contributed by atoms with Crippen LogP contribution in [0, 0.1) is 0 Å². The van der Waals surface area contributed by atoms with Gasteiger partial charge in [-0.1, -0.05) is 31.5 Å². The zero-order chi connectivity index (χ0) is 11.1. The maximum Gasteiger partial charge on any atom is 0.513 e. The first-order valence-corrected chi connectivity index (χ1v) is 5.11. The molecule has 0 N–H and O–H groups in total. The lowest BCUT2D eigenvalue weighted by Gasteiger charge is -2.08. The second-order valence-corrected chi connectivity index (χ2v) is 3.27. The largest absolute Gasteiger partial charge is 0.513 e. The Balaban J connectivity index is 2.72. The average molecular weight is 208 g/mol. The molecular formula is C12H16O3. The van der Waals surface area contributed by atoms with Crippen molar-refractivity contribution in [2.24, 2.45) is 0 Å². The molecule has 0 bridgehead atoms. The van der Waals surface area contributed by atoms with Crippen LogP contribution in [-0.2, 0) is 11.2 Å². The van der Waals surface area contributed by atoms with Gasteiger partial charge in [-0.25, -0.2) is 4.79 Å². The molecule has 0 saturated heterocycles. The maximum atomic E-state index is 11.0. The van der Waals surface area contributed by atoms with Crippen molar-refractivity contribution in [1.82, 2.24) is 0 Å². The van der Waals surface area contributed by atoms with Gasteiger partial charge in [0.25, 0.3) is 0 Å². The summed E-state index contributed by atoms with van der Waals surface area (Å²) in [5.41, 5.74) is 1.05. The van der Waals surface area contributed by atoms with Gasteiger partial charge in [0.1, 0.15) is 5.75 Å². The molecule has 1 rings (SSSR count). The Morgan fingerprint density at radius 3 is 2.73 bits per heavy atom. The summed E-state index contributed by atoms with van der Waals surface area (Å²) in [5.74, 6) is 0.595. The smallest absolute Gasteiger partial charge is 0.437 e. The predicted molar refractivity (Wildman–Crippen MR) is 58.1 cm³/mol. The van der Waals surface area contributed by atoms with Gasteiger partial charge < -0.3 is 9.47 Å². The molecule has 0 atom stereocenters. The molecule has 3 nitrogen and oxygen atoms in total. The van der Waals surface area contributed by atoms with Gasteiger partial charge in [-0.3, -0.25) is 0 Å². The minimum absolute atomic E-state index is 0.595. The van der Waals surface area contributed by atoms with Gasteiger partial charge in [0.05, 0.1) is 7.11 Å². The predicted octanol–water partition coefficient (Wildman–Crippen LogP) is 3.17. The van der Waals surface area contributed by atoms with Crippen LogP contribution in [-0.4, -0.2) is 13.3 Å².